The maximum Gasteiger partial charge on any atom is 0.420 e. The highest BCUT2D eigenvalue weighted by Gasteiger charge is 2.25. The monoisotopic (exact) mass is 501 g/mol. The van der Waals surface area contributed by atoms with Gasteiger partial charge >= 0.3 is 6.09 Å². The minimum absolute atomic E-state index is 0.213. The average Bonchev–Trinajstić information content (AvgIpc) is 3.29. The molecule has 10 nitrogen and oxygen atoms in total. The van der Waals surface area contributed by atoms with Crippen LogP contribution in [0.5, 0.6) is 0 Å². The average molecular weight is 502 g/mol. The van der Waals surface area contributed by atoms with Crippen LogP contribution in [-0.4, -0.2) is 31.7 Å². The number of ether oxygens (including phenoxy) is 1. The molecule has 0 bridgehead atoms. The van der Waals surface area contributed by atoms with Gasteiger partial charge in [0.2, 0.25) is 11.9 Å². The van der Waals surface area contributed by atoms with Crippen LogP contribution in [0.3, 0.4) is 0 Å². The summed E-state index contributed by atoms with van der Waals surface area (Å²) in [5.74, 6) is -0.353. The highest BCUT2D eigenvalue weighted by Crippen LogP contribution is 2.30. The first-order valence-corrected chi connectivity index (χ1v) is 11.2. The van der Waals surface area contributed by atoms with Crippen LogP contribution in [0.15, 0.2) is 85.8 Å². The Hall–Kier alpha value is -5.06. The Morgan fingerprint density at radius 1 is 1.16 bits per heavy atom. The number of hydrogen-bond acceptors (Lipinski definition) is 7. The first kappa shape index (κ1) is 25.0. The molecule has 0 aliphatic carbocycles. The maximum atomic E-state index is 13.5. The van der Waals surface area contributed by atoms with Crippen molar-refractivity contribution in [3.8, 4) is 0 Å². The predicted molar refractivity (Wildman–Crippen MR) is 137 cm³/mol. The van der Waals surface area contributed by atoms with Gasteiger partial charge in [-0.15, -0.1) is 0 Å². The number of anilines is 5. The fourth-order valence-corrected chi connectivity index (χ4v) is 3.40. The van der Waals surface area contributed by atoms with Crippen LogP contribution in [-0.2, 0) is 16.6 Å². The predicted octanol–water partition coefficient (Wildman–Crippen LogP) is 5.25. The Kier molecular flexibility index (Phi) is 7.53. The van der Waals surface area contributed by atoms with E-state index in [0.29, 0.717) is 22.6 Å². The normalized spacial score (nSPS) is 11.3. The summed E-state index contributed by atoms with van der Waals surface area (Å²) in [6.07, 6.45) is 4.57. The molecule has 0 fully saturated rings. The Labute approximate surface area is 212 Å². The zero-order valence-electron chi connectivity index (χ0n) is 20.1. The third kappa shape index (κ3) is 6.34. The van der Waals surface area contributed by atoms with Gasteiger partial charge in [0.15, 0.2) is 0 Å². The van der Waals surface area contributed by atoms with E-state index in [9.17, 15) is 14.0 Å². The first-order chi connectivity index (χ1) is 17.8. The van der Waals surface area contributed by atoms with Crippen LogP contribution >= 0.6 is 0 Å². The Morgan fingerprint density at radius 2 is 1.95 bits per heavy atom. The number of rotatable bonds is 8. The Balaban J connectivity index is 1.68. The highest BCUT2D eigenvalue weighted by atomic mass is 19.1. The molecule has 4 aromatic rings. The van der Waals surface area contributed by atoms with Crippen LogP contribution < -0.4 is 15.5 Å². The topological polar surface area (TPSA) is 114 Å². The summed E-state index contributed by atoms with van der Waals surface area (Å²) < 4.78 is 20.7. The molecular formula is C26H24FN7O3. The van der Waals surface area contributed by atoms with Crippen molar-refractivity contribution in [2.45, 2.75) is 13.0 Å². The van der Waals surface area contributed by atoms with E-state index in [2.05, 4.69) is 32.3 Å². The molecule has 188 valence electrons. The molecule has 11 heteroatoms. The van der Waals surface area contributed by atoms with Gasteiger partial charge in [-0.2, -0.15) is 10.1 Å². The molecule has 0 saturated heterocycles. The lowest BCUT2D eigenvalue weighted by atomic mass is 10.1. The molecule has 4 rings (SSSR count). The van der Waals surface area contributed by atoms with E-state index in [0.717, 1.165) is 6.08 Å². The molecule has 0 radical (unpaired) electrons. The largest absolute Gasteiger partial charge is 0.441 e. The third-order valence-corrected chi connectivity index (χ3v) is 5.19. The summed E-state index contributed by atoms with van der Waals surface area (Å²) >= 11 is 0. The van der Waals surface area contributed by atoms with Gasteiger partial charge in [0.25, 0.3) is 0 Å². The van der Waals surface area contributed by atoms with Gasteiger partial charge in [-0.3, -0.25) is 9.48 Å². The minimum atomic E-state index is -0.741. The summed E-state index contributed by atoms with van der Waals surface area (Å²) in [4.78, 5) is 35.3. The Morgan fingerprint density at radius 3 is 2.65 bits per heavy atom. The number of nitrogens with zero attached hydrogens (tertiary/aromatic N) is 5. The van der Waals surface area contributed by atoms with Crippen molar-refractivity contribution in [1.82, 2.24) is 19.7 Å². The molecule has 0 saturated carbocycles. The van der Waals surface area contributed by atoms with Gasteiger partial charge in [-0.1, -0.05) is 24.8 Å². The zero-order valence-corrected chi connectivity index (χ0v) is 20.1. The fraction of sp³-hybridized carbons (Fsp3) is 0.115. The highest BCUT2D eigenvalue weighted by molar-refractivity contribution is 6.00. The second kappa shape index (κ2) is 11.1. The van der Waals surface area contributed by atoms with Crippen molar-refractivity contribution >= 4 is 40.8 Å². The lowest BCUT2D eigenvalue weighted by Crippen LogP contribution is -2.29. The van der Waals surface area contributed by atoms with Crippen LogP contribution in [0.2, 0.25) is 0 Å². The van der Waals surface area contributed by atoms with Crippen molar-refractivity contribution in [3.63, 3.8) is 0 Å². The van der Waals surface area contributed by atoms with E-state index in [1.165, 1.54) is 23.2 Å². The van der Waals surface area contributed by atoms with Crippen LogP contribution in [0, 0.1) is 5.82 Å². The van der Waals surface area contributed by atoms with E-state index in [-0.39, 0.29) is 11.8 Å². The van der Waals surface area contributed by atoms with Crippen LogP contribution in [0.25, 0.3) is 0 Å². The minimum Gasteiger partial charge on any atom is -0.441 e. The summed E-state index contributed by atoms with van der Waals surface area (Å²) in [6.45, 7) is 5.13. The summed E-state index contributed by atoms with van der Waals surface area (Å²) in [7, 11) is 1.78. The van der Waals surface area contributed by atoms with Crippen LogP contribution in [0.1, 0.15) is 18.6 Å². The first-order valence-electron chi connectivity index (χ1n) is 11.2. The molecule has 2 N–H and O–H groups in total. The van der Waals surface area contributed by atoms with Gasteiger partial charge in [0, 0.05) is 31.2 Å². The molecule has 0 aliphatic rings. The number of benzene rings is 2. The van der Waals surface area contributed by atoms with E-state index < -0.39 is 23.9 Å². The molecule has 2 heterocycles. The van der Waals surface area contributed by atoms with Gasteiger partial charge in [-0.25, -0.2) is 19.1 Å². The molecule has 1 atom stereocenters. The maximum absolute atomic E-state index is 13.5. The smallest absolute Gasteiger partial charge is 0.420 e. The van der Waals surface area contributed by atoms with Gasteiger partial charge < -0.3 is 15.4 Å². The Bertz CT molecular complexity index is 1420. The molecule has 37 heavy (non-hydrogen) atoms. The number of carbonyl (C=O) groups excluding carboxylic acids is 2. The summed E-state index contributed by atoms with van der Waals surface area (Å²) in [5.41, 5.74) is 2.09. The standard InChI is InChI=1S/C26H24FN7O3/c1-4-24(35)30-20-6-5-7-22(14-20)34(26(36)37-17(2)18-8-10-19(27)11-9-18)23-12-13-28-25(32-23)31-21-15-29-33(3)16-21/h4-17H,1H2,2-3H3,(H,30,35)(H,28,31,32)/t17-/m0/s1. The summed E-state index contributed by atoms with van der Waals surface area (Å²) in [6, 6.07) is 13.8. The summed E-state index contributed by atoms with van der Waals surface area (Å²) in [5, 5.41) is 9.81. The molecule has 2 amide bonds. The van der Waals surface area contributed by atoms with Crippen molar-refractivity contribution in [2.75, 3.05) is 15.5 Å². The number of halogens is 1. The van der Waals surface area contributed by atoms with E-state index >= 15 is 0 Å². The van der Waals surface area contributed by atoms with E-state index in [4.69, 9.17) is 4.74 Å². The van der Waals surface area contributed by atoms with Gasteiger partial charge in [0.1, 0.15) is 17.7 Å². The third-order valence-electron chi connectivity index (χ3n) is 5.19. The number of aromatic nitrogens is 4. The van der Waals surface area contributed by atoms with Crippen molar-refractivity contribution < 1.29 is 18.7 Å². The lowest BCUT2D eigenvalue weighted by molar-refractivity contribution is -0.111. The molecule has 0 spiro atoms. The zero-order chi connectivity index (χ0) is 26.4. The second-order valence-corrected chi connectivity index (χ2v) is 7.92. The van der Waals surface area contributed by atoms with Gasteiger partial charge in [0.05, 0.1) is 17.6 Å². The molecular weight excluding hydrogens is 477 g/mol. The number of amides is 2. The number of hydrogen-bond donors (Lipinski definition) is 2. The van der Waals surface area contributed by atoms with E-state index in [1.54, 1.807) is 73.5 Å². The van der Waals surface area contributed by atoms with E-state index in [1.807, 2.05) is 0 Å². The van der Waals surface area contributed by atoms with Crippen LogP contribution in [0.4, 0.5) is 38.0 Å². The molecule has 0 aliphatic heterocycles. The van der Waals surface area contributed by atoms with Crippen molar-refractivity contribution in [1.29, 1.82) is 0 Å². The molecule has 2 aromatic heterocycles. The number of nitrogens with one attached hydrogen (secondary N) is 2. The lowest BCUT2D eigenvalue weighted by Gasteiger charge is -2.24. The number of carbonyl (C=O) groups is 2. The van der Waals surface area contributed by atoms with Gasteiger partial charge in [-0.05, 0) is 48.9 Å². The fourth-order valence-electron chi connectivity index (χ4n) is 3.40. The second-order valence-electron chi connectivity index (χ2n) is 7.92. The number of aryl methyl sites for hydroxylation is 1. The van der Waals surface area contributed by atoms with Crippen molar-refractivity contribution in [2.24, 2.45) is 7.05 Å². The SMILES string of the molecule is C=CC(=O)Nc1cccc(N(C(=O)O[C@@H](C)c2ccc(F)cc2)c2ccnc(Nc3cnn(C)c3)n2)c1. The van der Waals surface area contributed by atoms with Crippen molar-refractivity contribution in [3.05, 3.63) is 97.2 Å². The molecule has 2 aromatic carbocycles. The quantitative estimate of drug-likeness (QED) is 0.317. The molecule has 0 unspecified atom stereocenters.